The molecule has 0 aliphatic heterocycles. The molecule has 11 heteroatoms. The fourth-order valence-electron chi connectivity index (χ4n) is 3.67. The third-order valence-electron chi connectivity index (χ3n) is 5.17. The van der Waals surface area contributed by atoms with Crippen LogP contribution in [0.4, 0.5) is 13.2 Å². The van der Waals surface area contributed by atoms with Gasteiger partial charge in [0.25, 0.3) is 0 Å². The Bertz CT molecular complexity index is 1410. The molecule has 0 unspecified atom stereocenters. The van der Waals surface area contributed by atoms with E-state index in [2.05, 4.69) is 4.98 Å². The zero-order chi connectivity index (χ0) is 25.3. The summed E-state index contributed by atoms with van der Waals surface area (Å²) in [4.78, 5) is 27.9. The number of fused-ring (bicyclic) bond motifs is 1. The predicted octanol–water partition coefficient (Wildman–Crippen LogP) is 5.17. The average molecular weight is 486 g/mol. The molecule has 0 amide bonds. The zero-order valence-electron chi connectivity index (χ0n) is 18.0. The van der Waals surface area contributed by atoms with Gasteiger partial charge in [-0.2, -0.15) is 13.2 Å². The number of nitrogens with zero attached hydrogens (tertiary/aromatic N) is 2. The van der Waals surface area contributed by atoms with Crippen molar-refractivity contribution in [1.82, 2.24) is 9.55 Å². The van der Waals surface area contributed by atoms with E-state index in [1.165, 1.54) is 36.1 Å². The van der Waals surface area contributed by atoms with Crippen LogP contribution >= 0.6 is 0 Å². The highest BCUT2D eigenvalue weighted by Gasteiger charge is 2.30. The van der Waals surface area contributed by atoms with E-state index in [9.17, 15) is 33.0 Å². The second-order valence-corrected chi connectivity index (χ2v) is 7.39. The first-order valence-corrected chi connectivity index (χ1v) is 10.1. The molecular weight excluding hydrogens is 469 g/mol. The summed E-state index contributed by atoms with van der Waals surface area (Å²) in [5.74, 6) is -1.56. The van der Waals surface area contributed by atoms with Gasteiger partial charge < -0.3 is 19.7 Å². The molecule has 0 radical (unpaired) electrons. The van der Waals surface area contributed by atoms with Crippen LogP contribution in [0.15, 0.2) is 60.8 Å². The van der Waals surface area contributed by atoms with E-state index in [-0.39, 0.29) is 34.0 Å². The average Bonchev–Trinajstić information content (AvgIpc) is 3.11. The Morgan fingerprint density at radius 1 is 0.971 bits per heavy atom. The summed E-state index contributed by atoms with van der Waals surface area (Å²) in [6.07, 6.45) is -3.69. The van der Waals surface area contributed by atoms with Crippen molar-refractivity contribution in [3.63, 3.8) is 0 Å². The lowest BCUT2D eigenvalue weighted by molar-refractivity contribution is -0.138. The van der Waals surface area contributed by atoms with E-state index < -0.39 is 30.1 Å². The molecule has 2 aromatic carbocycles. The van der Waals surface area contributed by atoms with Crippen molar-refractivity contribution in [2.75, 3.05) is 7.11 Å². The minimum absolute atomic E-state index is 0.00986. The highest BCUT2D eigenvalue weighted by atomic mass is 19.4. The number of carboxylic acid groups (broad SMARTS) is 2. The van der Waals surface area contributed by atoms with E-state index >= 15 is 0 Å². The third kappa shape index (κ3) is 4.74. The van der Waals surface area contributed by atoms with Crippen LogP contribution in [-0.2, 0) is 17.4 Å². The molecule has 4 aromatic rings. The number of aromatic nitrogens is 2. The highest BCUT2D eigenvalue weighted by molar-refractivity contribution is 6.06. The van der Waals surface area contributed by atoms with Crippen molar-refractivity contribution in [2.45, 2.75) is 12.6 Å². The molecular formula is C24H17F3N2O6. The Morgan fingerprint density at radius 3 is 2.17 bits per heavy atom. The molecule has 0 aliphatic carbocycles. The number of pyridine rings is 1. The predicted molar refractivity (Wildman–Crippen MR) is 117 cm³/mol. The first-order chi connectivity index (χ1) is 16.6. The van der Waals surface area contributed by atoms with Gasteiger partial charge in [-0.05, 0) is 48.5 Å². The van der Waals surface area contributed by atoms with Crippen molar-refractivity contribution in [3.05, 3.63) is 77.6 Å². The molecule has 2 N–H and O–H groups in total. The second-order valence-electron chi connectivity index (χ2n) is 7.39. The van der Waals surface area contributed by atoms with Crippen molar-refractivity contribution >= 4 is 22.8 Å². The molecule has 0 aliphatic rings. The molecule has 2 heterocycles. The van der Waals surface area contributed by atoms with Crippen molar-refractivity contribution in [3.8, 4) is 23.1 Å². The Morgan fingerprint density at radius 2 is 1.63 bits per heavy atom. The second kappa shape index (κ2) is 9.01. The zero-order valence-corrected chi connectivity index (χ0v) is 18.0. The van der Waals surface area contributed by atoms with Gasteiger partial charge in [-0.1, -0.05) is 0 Å². The molecule has 4 rings (SSSR count). The number of aliphatic carboxylic acids is 1. The number of benzene rings is 2. The maximum Gasteiger partial charge on any atom is 0.416 e. The van der Waals surface area contributed by atoms with E-state index in [0.29, 0.717) is 11.3 Å². The maximum atomic E-state index is 12.8. The van der Waals surface area contributed by atoms with Gasteiger partial charge in [0.15, 0.2) is 0 Å². The van der Waals surface area contributed by atoms with Crippen molar-refractivity contribution < 1.29 is 42.4 Å². The maximum absolute atomic E-state index is 12.8. The van der Waals surface area contributed by atoms with Gasteiger partial charge in [-0.15, -0.1) is 0 Å². The monoisotopic (exact) mass is 486 g/mol. The first-order valence-electron chi connectivity index (χ1n) is 10.1. The van der Waals surface area contributed by atoms with Gasteiger partial charge in [0.05, 0.1) is 42.1 Å². The summed E-state index contributed by atoms with van der Waals surface area (Å²) < 4.78 is 50.6. The number of aromatic carboxylic acids is 1. The standard InChI is InChI=1S/C24H17F3N2O6/c1-34-16-7-9-20(28-12-16)29-18-10-15(35-14-4-2-13(3-5-14)24(25,26)27)6-8-17(18)22(23(32)33)19(29)11-21(30)31/h2-10,12H,11H2,1H3,(H,30,31)(H,32,33). The summed E-state index contributed by atoms with van der Waals surface area (Å²) in [5, 5.41) is 19.5. The molecule has 0 fully saturated rings. The molecule has 8 nitrogen and oxygen atoms in total. The summed E-state index contributed by atoms with van der Waals surface area (Å²) in [6.45, 7) is 0. The number of rotatable bonds is 7. The van der Waals surface area contributed by atoms with Crippen LogP contribution in [0.5, 0.6) is 17.2 Å². The fraction of sp³-hybridized carbons (Fsp3) is 0.125. The lowest BCUT2D eigenvalue weighted by Gasteiger charge is -2.11. The minimum atomic E-state index is -4.49. The molecule has 180 valence electrons. The van der Waals surface area contributed by atoms with Crippen molar-refractivity contribution in [1.29, 1.82) is 0 Å². The third-order valence-corrected chi connectivity index (χ3v) is 5.17. The smallest absolute Gasteiger partial charge is 0.416 e. The summed E-state index contributed by atoms with van der Waals surface area (Å²) in [5.41, 5.74) is -0.754. The number of ether oxygens (including phenoxy) is 2. The fourth-order valence-corrected chi connectivity index (χ4v) is 3.67. The highest BCUT2D eigenvalue weighted by Crippen LogP contribution is 2.35. The van der Waals surface area contributed by atoms with Crippen LogP contribution in [0.3, 0.4) is 0 Å². The Hall–Kier alpha value is -4.54. The van der Waals surface area contributed by atoms with Gasteiger partial charge in [0.1, 0.15) is 23.1 Å². The molecule has 0 atom stereocenters. The number of carboxylic acids is 2. The SMILES string of the molecule is COc1ccc(-n2c(CC(=O)O)c(C(=O)O)c3ccc(Oc4ccc(C(F)(F)F)cc4)cc32)nc1. The largest absolute Gasteiger partial charge is 0.495 e. The first kappa shape index (κ1) is 23.6. The van der Waals surface area contributed by atoms with Gasteiger partial charge in [0, 0.05) is 11.5 Å². The van der Waals surface area contributed by atoms with Crippen LogP contribution in [-0.4, -0.2) is 38.8 Å². The molecule has 0 saturated heterocycles. The van der Waals surface area contributed by atoms with E-state index in [4.69, 9.17) is 9.47 Å². The molecule has 0 spiro atoms. The van der Waals surface area contributed by atoms with Gasteiger partial charge in [-0.25, -0.2) is 9.78 Å². The molecule has 0 saturated carbocycles. The van der Waals surface area contributed by atoms with Crippen LogP contribution in [0.2, 0.25) is 0 Å². The number of alkyl halides is 3. The van der Waals surface area contributed by atoms with Crippen LogP contribution in [0.25, 0.3) is 16.7 Å². The lowest BCUT2D eigenvalue weighted by atomic mass is 10.1. The van der Waals surface area contributed by atoms with Gasteiger partial charge in [0.2, 0.25) is 0 Å². The van der Waals surface area contributed by atoms with Crippen LogP contribution in [0.1, 0.15) is 21.6 Å². The summed E-state index contributed by atoms with van der Waals surface area (Å²) in [7, 11) is 1.45. The quantitative estimate of drug-likeness (QED) is 0.371. The Kier molecular flexibility index (Phi) is 6.08. The Balaban J connectivity index is 1.86. The summed E-state index contributed by atoms with van der Waals surface area (Å²) >= 11 is 0. The van der Waals surface area contributed by atoms with Crippen LogP contribution in [0, 0.1) is 0 Å². The summed E-state index contributed by atoms with van der Waals surface area (Å²) in [6, 6.07) is 11.6. The number of halogens is 3. The number of methoxy groups -OCH3 is 1. The topological polar surface area (TPSA) is 111 Å². The molecule has 0 bridgehead atoms. The molecule has 35 heavy (non-hydrogen) atoms. The number of hydrogen-bond acceptors (Lipinski definition) is 5. The van der Waals surface area contributed by atoms with E-state index in [1.807, 2.05) is 0 Å². The number of hydrogen-bond donors (Lipinski definition) is 2. The normalized spacial score (nSPS) is 11.4. The van der Waals surface area contributed by atoms with Crippen LogP contribution < -0.4 is 9.47 Å². The van der Waals surface area contributed by atoms with Crippen molar-refractivity contribution in [2.24, 2.45) is 0 Å². The number of carbonyl (C=O) groups is 2. The van der Waals surface area contributed by atoms with E-state index in [1.54, 1.807) is 12.1 Å². The van der Waals surface area contributed by atoms with Gasteiger partial charge in [-0.3, -0.25) is 9.36 Å². The lowest BCUT2D eigenvalue weighted by Crippen LogP contribution is -2.12. The minimum Gasteiger partial charge on any atom is -0.495 e. The Labute approximate surface area is 195 Å². The van der Waals surface area contributed by atoms with Gasteiger partial charge >= 0.3 is 18.1 Å². The van der Waals surface area contributed by atoms with E-state index in [0.717, 1.165) is 24.3 Å². The molecule has 2 aromatic heterocycles.